The highest BCUT2D eigenvalue weighted by Crippen LogP contribution is 2.26. The summed E-state index contributed by atoms with van der Waals surface area (Å²) >= 11 is 0. The minimum absolute atomic E-state index is 0.182. The van der Waals surface area contributed by atoms with Gasteiger partial charge in [0, 0.05) is 50.4 Å². The van der Waals surface area contributed by atoms with Crippen LogP contribution in [0.1, 0.15) is 20.7 Å². The molecule has 10 nitrogen and oxygen atoms in total. The molecule has 0 atom stereocenters. The fourth-order valence-corrected chi connectivity index (χ4v) is 3.90. The Morgan fingerprint density at radius 1 is 0.639 bits per heavy atom. The maximum Gasteiger partial charge on any atom is 0.265 e. The van der Waals surface area contributed by atoms with Gasteiger partial charge < -0.3 is 9.97 Å². The van der Waals surface area contributed by atoms with Crippen molar-refractivity contribution in [3.63, 3.8) is 0 Å². The SMILES string of the molecule is CN(C)NC(=O)c1ccc2nc(-c3ccc(-c4nc5ccc(C(=O)NN(C)C)cc5[nH]4)cc3)[nH]c2c1. The van der Waals surface area contributed by atoms with Gasteiger partial charge >= 0.3 is 0 Å². The van der Waals surface area contributed by atoms with Crippen LogP contribution in [0.2, 0.25) is 0 Å². The third-order valence-corrected chi connectivity index (χ3v) is 5.57. The van der Waals surface area contributed by atoms with Crippen molar-refractivity contribution in [1.82, 2.24) is 40.8 Å². The molecule has 0 aliphatic heterocycles. The zero-order valence-corrected chi connectivity index (χ0v) is 20.4. The molecule has 2 amide bonds. The first-order valence-corrected chi connectivity index (χ1v) is 11.3. The van der Waals surface area contributed by atoms with E-state index in [0.717, 1.165) is 33.2 Å². The summed E-state index contributed by atoms with van der Waals surface area (Å²) in [6.45, 7) is 0. The van der Waals surface area contributed by atoms with Crippen LogP contribution >= 0.6 is 0 Å². The molecule has 0 aliphatic rings. The summed E-state index contributed by atoms with van der Waals surface area (Å²) < 4.78 is 0. The number of aromatic amines is 2. The molecule has 2 aromatic heterocycles. The van der Waals surface area contributed by atoms with E-state index >= 15 is 0 Å². The molecule has 10 heteroatoms. The highest BCUT2D eigenvalue weighted by Gasteiger charge is 2.13. The number of rotatable bonds is 6. The van der Waals surface area contributed by atoms with Gasteiger partial charge in [0.1, 0.15) is 11.6 Å². The van der Waals surface area contributed by atoms with Gasteiger partial charge in [-0.1, -0.05) is 24.3 Å². The molecule has 5 aromatic rings. The number of H-pyrrole nitrogens is 2. The molecule has 0 saturated carbocycles. The van der Waals surface area contributed by atoms with Crippen molar-refractivity contribution in [2.24, 2.45) is 0 Å². The molecule has 0 radical (unpaired) electrons. The Balaban J connectivity index is 1.38. The molecular weight excluding hydrogens is 456 g/mol. The largest absolute Gasteiger partial charge is 0.338 e. The first kappa shape index (κ1) is 23.2. The first-order chi connectivity index (χ1) is 17.3. The van der Waals surface area contributed by atoms with Crippen molar-refractivity contribution in [2.75, 3.05) is 28.2 Å². The van der Waals surface area contributed by atoms with Crippen molar-refractivity contribution in [1.29, 1.82) is 0 Å². The smallest absolute Gasteiger partial charge is 0.265 e. The Hall–Kier alpha value is -4.54. The molecule has 36 heavy (non-hydrogen) atoms. The molecule has 0 bridgehead atoms. The van der Waals surface area contributed by atoms with Gasteiger partial charge in [0.25, 0.3) is 11.8 Å². The Labute approximate surface area is 207 Å². The van der Waals surface area contributed by atoms with E-state index in [9.17, 15) is 9.59 Å². The van der Waals surface area contributed by atoms with Crippen LogP contribution in [0.15, 0.2) is 60.7 Å². The molecule has 0 spiro atoms. The van der Waals surface area contributed by atoms with Gasteiger partial charge in [-0.15, -0.1) is 0 Å². The highest BCUT2D eigenvalue weighted by molar-refractivity contribution is 5.98. The van der Waals surface area contributed by atoms with Crippen LogP contribution in [0, 0.1) is 0 Å². The second kappa shape index (κ2) is 9.25. The van der Waals surface area contributed by atoms with Crippen LogP contribution in [0.3, 0.4) is 0 Å². The predicted octanol–water partition coefficient (Wildman–Crippen LogP) is 3.19. The maximum atomic E-state index is 12.3. The summed E-state index contributed by atoms with van der Waals surface area (Å²) in [4.78, 5) is 40.5. The van der Waals surface area contributed by atoms with E-state index in [1.165, 1.54) is 0 Å². The van der Waals surface area contributed by atoms with Gasteiger partial charge in [-0.05, 0) is 36.4 Å². The summed E-state index contributed by atoms with van der Waals surface area (Å²) in [5, 5.41) is 3.21. The lowest BCUT2D eigenvalue weighted by atomic mass is 10.1. The molecule has 182 valence electrons. The summed E-state index contributed by atoms with van der Waals surface area (Å²) in [6.07, 6.45) is 0. The number of carbonyl (C=O) groups excluding carboxylic acids is 2. The molecule has 3 aromatic carbocycles. The number of imidazole rings is 2. The van der Waals surface area contributed by atoms with Gasteiger partial charge in [-0.3, -0.25) is 20.4 Å². The standard InChI is InChI=1S/C26H26N8O2/c1-33(2)31-25(35)17-9-11-19-21(13-17)29-23(27-19)15-5-7-16(8-6-15)24-28-20-12-10-18(14-22(20)30-24)26(36)32-34(3)4/h5-14H,1-4H3,(H,27,29)(H,28,30)(H,31,35)(H,32,36). The highest BCUT2D eigenvalue weighted by atomic mass is 16.2. The lowest BCUT2D eigenvalue weighted by molar-refractivity contribution is 0.0848. The lowest BCUT2D eigenvalue weighted by Crippen LogP contribution is -2.36. The fourth-order valence-electron chi connectivity index (χ4n) is 3.90. The average molecular weight is 483 g/mol. The minimum Gasteiger partial charge on any atom is -0.338 e. The Bertz CT molecular complexity index is 1460. The zero-order chi connectivity index (χ0) is 25.4. The number of hydrogen-bond acceptors (Lipinski definition) is 6. The van der Waals surface area contributed by atoms with Gasteiger partial charge in [-0.2, -0.15) is 0 Å². The zero-order valence-electron chi connectivity index (χ0n) is 20.4. The number of fused-ring (bicyclic) bond motifs is 2. The van der Waals surface area contributed by atoms with Crippen LogP contribution in [-0.4, -0.2) is 70.0 Å². The van der Waals surface area contributed by atoms with Gasteiger partial charge in [0.2, 0.25) is 0 Å². The summed E-state index contributed by atoms with van der Waals surface area (Å²) in [7, 11) is 7.06. The van der Waals surface area contributed by atoms with Crippen molar-refractivity contribution < 1.29 is 9.59 Å². The molecule has 0 unspecified atom stereocenters. The van der Waals surface area contributed by atoms with Gasteiger partial charge in [0.15, 0.2) is 0 Å². The molecule has 0 fully saturated rings. The van der Waals surface area contributed by atoms with Gasteiger partial charge in [0.05, 0.1) is 22.1 Å². The lowest BCUT2D eigenvalue weighted by Gasteiger charge is -2.11. The quantitative estimate of drug-likeness (QED) is 0.276. The van der Waals surface area contributed by atoms with E-state index in [0.29, 0.717) is 22.8 Å². The number of amides is 2. The van der Waals surface area contributed by atoms with Crippen LogP contribution < -0.4 is 10.9 Å². The number of nitrogens with one attached hydrogen (secondary N) is 4. The summed E-state index contributed by atoms with van der Waals surface area (Å²) in [6, 6.07) is 18.6. The van der Waals surface area contributed by atoms with Crippen molar-refractivity contribution >= 4 is 33.9 Å². The second-order valence-corrected chi connectivity index (χ2v) is 8.88. The van der Waals surface area contributed by atoms with E-state index in [4.69, 9.17) is 0 Å². The fraction of sp³-hybridized carbons (Fsp3) is 0.154. The summed E-state index contributed by atoms with van der Waals surface area (Å²) in [5.41, 5.74) is 11.5. The van der Waals surface area contributed by atoms with Crippen LogP contribution in [0.5, 0.6) is 0 Å². The molecule has 2 heterocycles. The monoisotopic (exact) mass is 482 g/mol. The Morgan fingerprint density at radius 2 is 1.03 bits per heavy atom. The predicted molar refractivity (Wildman–Crippen MR) is 139 cm³/mol. The van der Waals surface area contributed by atoms with Crippen molar-refractivity contribution in [3.8, 4) is 22.8 Å². The Morgan fingerprint density at radius 3 is 1.39 bits per heavy atom. The topological polar surface area (TPSA) is 122 Å². The molecule has 5 rings (SSSR count). The van der Waals surface area contributed by atoms with Crippen molar-refractivity contribution in [2.45, 2.75) is 0 Å². The van der Waals surface area contributed by atoms with Crippen LogP contribution in [-0.2, 0) is 0 Å². The van der Waals surface area contributed by atoms with E-state index in [-0.39, 0.29) is 11.8 Å². The van der Waals surface area contributed by atoms with Gasteiger partial charge in [-0.25, -0.2) is 20.0 Å². The molecule has 0 aliphatic carbocycles. The average Bonchev–Trinajstić information content (AvgIpc) is 3.46. The number of carbonyl (C=O) groups is 2. The number of hydrazine groups is 2. The third-order valence-electron chi connectivity index (χ3n) is 5.57. The van der Waals surface area contributed by atoms with E-state index < -0.39 is 0 Å². The normalized spacial score (nSPS) is 11.5. The van der Waals surface area contributed by atoms with E-state index in [1.807, 2.05) is 36.4 Å². The number of benzene rings is 3. The third kappa shape index (κ3) is 4.67. The Kier molecular flexibility index (Phi) is 5.96. The van der Waals surface area contributed by atoms with Crippen molar-refractivity contribution in [3.05, 3.63) is 71.8 Å². The maximum absolute atomic E-state index is 12.3. The summed E-state index contributed by atoms with van der Waals surface area (Å²) in [5.74, 6) is 1.06. The van der Waals surface area contributed by atoms with Crippen LogP contribution in [0.25, 0.3) is 44.8 Å². The number of hydrogen-bond donors (Lipinski definition) is 4. The number of nitrogens with zero attached hydrogens (tertiary/aromatic N) is 4. The van der Waals surface area contributed by atoms with E-state index in [2.05, 4.69) is 30.8 Å². The molecular formula is C26H26N8O2. The second-order valence-electron chi connectivity index (χ2n) is 8.88. The first-order valence-electron chi connectivity index (χ1n) is 11.3. The molecule has 0 saturated heterocycles. The van der Waals surface area contributed by atoms with E-state index in [1.54, 1.807) is 62.5 Å². The van der Waals surface area contributed by atoms with Crippen LogP contribution in [0.4, 0.5) is 0 Å². The number of aromatic nitrogens is 4. The minimum atomic E-state index is -0.182. The molecule has 4 N–H and O–H groups in total.